The average Bonchev–Trinajstić information content (AvgIpc) is 3.66. The van der Waals surface area contributed by atoms with Gasteiger partial charge in [0, 0.05) is 32.9 Å². The van der Waals surface area contributed by atoms with Gasteiger partial charge in [-0.05, 0) is 87.6 Å². The largest absolute Gasteiger partial charge is 0.309 e. The van der Waals surface area contributed by atoms with Gasteiger partial charge in [0.15, 0.2) is 0 Å². The fourth-order valence-corrected chi connectivity index (χ4v) is 7.61. The first-order chi connectivity index (χ1) is 23.8. The standard InChI is InChI=1S/C46H30N2/c1-2-11-31(12-3-1)33-23-25-37(26-24-33)47-43-19-8-6-17-39(43)41-29-42-40-18-7-9-20-44(40)48(46(42)30-45(41)47)38-16-10-15-35(28-38)36-22-21-32-13-4-5-14-34(32)27-36/h1-30H. The number of nitrogens with zero attached hydrogens (tertiary/aromatic N) is 2. The summed E-state index contributed by atoms with van der Waals surface area (Å²) < 4.78 is 4.86. The van der Waals surface area contributed by atoms with E-state index in [1.54, 1.807) is 0 Å². The fraction of sp³-hybridized carbons (Fsp3) is 0. The second-order valence-corrected chi connectivity index (χ2v) is 12.6. The minimum Gasteiger partial charge on any atom is -0.309 e. The number of hydrogen-bond acceptors (Lipinski definition) is 0. The number of fused-ring (bicyclic) bond motifs is 7. The minimum absolute atomic E-state index is 1.15. The van der Waals surface area contributed by atoms with Crippen molar-refractivity contribution < 1.29 is 0 Å². The zero-order chi connectivity index (χ0) is 31.6. The van der Waals surface area contributed by atoms with Gasteiger partial charge in [-0.2, -0.15) is 0 Å². The van der Waals surface area contributed by atoms with Crippen molar-refractivity contribution in [1.82, 2.24) is 9.13 Å². The lowest BCUT2D eigenvalue weighted by Crippen LogP contribution is -1.96. The Bertz CT molecular complexity index is 2820. The van der Waals surface area contributed by atoms with Crippen LogP contribution in [0.1, 0.15) is 0 Å². The molecule has 0 unspecified atom stereocenters. The van der Waals surface area contributed by atoms with Gasteiger partial charge in [0.25, 0.3) is 0 Å². The van der Waals surface area contributed by atoms with Crippen molar-refractivity contribution in [3.8, 4) is 33.6 Å². The van der Waals surface area contributed by atoms with Gasteiger partial charge in [0.05, 0.1) is 22.1 Å². The maximum atomic E-state index is 2.44. The third-order valence-electron chi connectivity index (χ3n) is 9.89. The quantitative estimate of drug-likeness (QED) is 0.188. The fourth-order valence-electron chi connectivity index (χ4n) is 7.61. The lowest BCUT2D eigenvalue weighted by molar-refractivity contribution is 1.16. The lowest BCUT2D eigenvalue weighted by Gasteiger charge is -2.12. The van der Waals surface area contributed by atoms with Crippen LogP contribution in [0.3, 0.4) is 0 Å². The summed E-state index contributed by atoms with van der Waals surface area (Å²) in [6, 6.07) is 66.3. The Kier molecular flexibility index (Phi) is 5.91. The van der Waals surface area contributed by atoms with Crippen LogP contribution in [0.4, 0.5) is 0 Å². The zero-order valence-electron chi connectivity index (χ0n) is 26.2. The average molecular weight is 611 g/mol. The second-order valence-electron chi connectivity index (χ2n) is 12.6. The number of para-hydroxylation sites is 2. The van der Waals surface area contributed by atoms with Crippen LogP contribution in [0.15, 0.2) is 182 Å². The van der Waals surface area contributed by atoms with Crippen LogP contribution in [0.5, 0.6) is 0 Å². The molecule has 0 fully saturated rings. The molecule has 2 heterocycles. The summed E-state index contributed by atoms with van der Waals surface area (Å²) in [5.74, 6) is 0. The van der Waals surface area contributed by atoms with Gasteiger partial charge < -0.3 is 9.13 Å². The highest BCUT2D eigenvalue weighted by Crippen LogP contribution is 2.40. The normalized spacial score (nSPS) is 11.8. The van der Waals surface area contributed by atoms with Crippen molar-refractivity contribution in [3.05, 3.63) is 182 Å². The Hall–Kier alpha value is -6.38. The molecule has 0 saturated heterocycles. The monoisotopic (exact) mass is 610 g/mol. The molecule has 10 aromatic rings. The van der Waals surface area contributed by atoms with E-state index in [1.807, 2.05) is 0 Å². The summed E-state index contributed by atoms with van der Waals surface area (Å²) in [4.78, 5) is 0. The van der Waals surface area contributed by atoms with Gasteiger partial charge in [-0.3, -0.25) is 0 Å². The highest BCUT2D eigenvalue weighted by Gasteiger charge is 2.18. The predicted molar refractivity (Wildman–Crippen MR) is 203 cm³/mol. The predicted octanol–water partition coefficient (Wildman–Crippen LogP) is 12.4. The maximum Gasteiger partial charge on any atom is 0.0562 e. The number of aromatic nitrogens is 2. The summed E-state index contributed by atoms with van der Waals surface area (Å²) in [5, 5.41) is 7.55. The summed E-state index contributed by atoms with van der Waals surface area (Å²) in [6.07, 6.45) is 0. The van der Waals surface area contributed by atoms with Gasteiger partial charge in [-0.1, -0.05) is 127 Å². The van der Waals surface area contributed by atoms with Gasteiger partial charge in [0.1, 0.15) is 0 Å². The highest BCUT2D eigenvalue weighted by atomic mass is 15.0. The Morgan fingerprint density at radius 2 is 0.792 bits per heavy atom. The summed E-state index contributed by atoms with van der Waals surface area (Å²) in [6.45, 7) is 0. The molecule has 0 N–H and O–H groups in total. The second kappa shape index (κ2) is 10.6. The molecule has 0 aliphatic carbocycles. The van der Waals surface area contributed by atoms with E-state index in [2.05, 4.69) is 191 Å². The molecule has 0 bridgehead atoms. The van der Waals surface area contributed by atoms with Gasteiger partial charge in [0.2, 0.25) is 0 Å². The molecule has 0 saturated carbocycles. The van der Waals surface area contributed by atoms with Gasteiger partial charge in [-0.25, -0.2) is 0 Å². The molecule has 224 valence electrons. The summed E-state index contributed by atoms with van der Waals surface area (Å²) in [7, 11) is 0. The smallest absolute Gasteiger partial charge is 0.0562 e. The van der Waals surface area contributed by atoms with Gasteiger partial charge in [-0.15, -0.1) is 0 Å². The van der Waals surface area contributed by atoms with Crippen LogP contribution in [0, 0.1) is 0 Å². The van der Waals surface area contributed by atoms with E-state index >= 15 is 0 Å². The van der Waals surface area contributed by atoms with Crippen LogP contribution in [-0.4, -0.2) is 9.13 Å². The van der Waals surface area contributed by atoms with Crippen LogP contribution in [0.25, 0.3) is 88.0 Å². The lowest BCUT2D eigenvalue weighted by atomic mass is 10.0. The molecule has 2 aromatic heterocycles. The topological polar surface area (TPSA) is 9.86 Å². The van der Waals surface area contributed by atoms with E-state index in [1.165, 1.54) is 76.6 Å². The van der Waals surface area contributed by atoms with Crippen molar-refractivity contribution in [1.29, 1.82) is 0 Å². The van der Waals surface area contributed by atoms with E-state index in [9.17, 15) is 0 Å². The first-order valence-electron chi connectivity index (χ1n) is 16.5. The molecular formula is C46H30N2. The highest BCUT2D eigenvalue weighted by molar-refractivity contribution is 6.19. The third-order valence-corrected chi connectivity index (χ3v) is 9.89. The SMILES string of the molecule is c1ccc(-c2ccc(-n3c4ccccc4c4cc5c6ccccc6n(-c6cccc(-c7ccc8ccccc8c7)c6)c5cc43)cc2)cc1. The minimum atomic E-state index is 1.15. The first kappa shape index (κ1) is 26.8. The summed E-state index contributed by atoms with van der Waals surface area (Å²) >= 11 is 0. The molecule has 2 heteroatoms. The van der Waals surface area contributed by atoms with Crippen LogP contribution >= 0.6 is 0 Å². The van der Waals surface area contributed by atoms with E-state index in [0.717, 1.165) is 11.4 Å². The molecule has 0 spiro atoms. The molecular weight excluding hydrogens is 581 g/mol. The molecule has 0 aliphatic rings. The zero-order valence-corrected chi connectivity index (χ0v) is 26.2. The van der Waals surface area contributed by atoms with E-state index in [4.69, 9.17) is 0 Å². The van der Waals surface area contributed by atoms with E-state index in [-0.39, 0.29) is 0 Å². The molecule has 8 aromatic carbocycles. The maximum absolute atomic E-state index is 2.44. The Morgan fingerprint density at radius 1 is 0.250 bits per heavy atom. The van der Waals surface area contributed by atoms with Crippen LogP contribution in [0.2, 0.25) is 0 Å². The Morgan fingerprint density at radius 3 is 1.52 bits per heavy atom. The van der Waals surface area contributed by atoms with E-state index in [0.29, 0.717) is 0 Å². The van der Waals surface area contributed by atoms with E-state index < -0.39 is 0 Å². The molecule has 0 radical (unpaired) electrons. The van der Waals surface area contributed by atoms with Gasteiger partial charge >= 0.3 is 0 Å². The molecule has 2 nitrogen and oxygen atoms in total. The van der Waals surface area contributed by atoms with Crippen molar-refractivity contribution in [3.63, 3.8) is 0 Å². The first-order valence-corrected chi connectivity index (χ1v) is 16.5. The number of hydrogen-bond donors (Lipinski definition) is 0. The third kappa shape index (κ3) is 4.13. The Balaban J connectivity index is 1.21. The van der Waals surface area contributed by atoms with Crippen molar-refractivity contribution in [2.45, 2.75) is 0 Å². The number of benzene rings is 8. The van der Waals surface area contributed by atoms with Crippen molar-refractivity contribution in [2.24, 2.45) is 0 Å². The molecule has 48 heavy (non-hydrogen) atoms. The summed E-state index contributed by atoms with van der Waals surface area (Å²) in [5.41, 5.74) is 12.0. The van der Waals surface area contributed by atoms with Crippen molar-refractivity contribution >= 4 is 54.4 Å². The van der Waals surface area contributed by atoms with Crippen LogP contribution in [-0.2, 0) is 0 Å². The Labute approximate surface area is 278 Å². The van der Waals surface area contributed by atoms with Crippen molar-refractivity contribution in [2.75, 3.05) is 0 Å². The number of rotatable bonds is 4. The molecule has 0 amide bonds. The van der Waals surface area contributed by atoms with Crippen LogP contribution < -0.4 is 0 Å². The molecule has 0 aliphatic heterocycles. The molecule has 0 atom stereocenters. The molecule has 10 rings (SSSR count).